The van der Waals surface area contributed by atoms with Gasteiger partial charge in [-0.1, -0.05) is 13.8 Å². The van der Waals surface area contributed by atoms with Crippen molar-refractivity contribution < 1.29 is 23.8 Å². The first-order valence-electron chi connectivity index (χ1n) is 8.37. The van der Waals surface area contributed by atoms with Crippen LogP contribution in [0.25, 0.3) is 0 Å². The molecule has 0 aromatic heterocycles. The van der Waals surface area contributed by atoms with Gasteiger partial charge in [-0.3, -0.25) is 9.59 Å². The fourth-order valence-electron chi connectivity index (χ4n) is 2.70. The third kappa shape index (κ3) is 4.63. The smallest absolute Gasteiger partial charge is 0.252 e. The highest BCUT2D eigenvalue weighted by Gasteiger charge is 2.30. The summed E-state index contributed by atoms with van der Waals surface area (Å²) < 4.78 is 15.7. The summed E-state index contributed by atoms with van der Waals surface area (Å²) in [4.78, 5) is 27.1. The maximum absolute atomic E-state index is 12.7. The molecule has 7 nitrogen and oxygen atoms in total. The normalized spacial score (nSPS) is 15.6. The van der Waals surface area contributed by atoms with Crippen LogP contribution in [0.4, 0.5) is 0 Å². The molecular formula is C18H26N2O5. The summed E-state index contributed by atoms with van der Waals surface area (Å²) in [5, 5.41) is 2.85. The van der Waals surface area contributed by atoms with Crippen molar-refractivity contribution in [3.05, 3.63) is 23.8 Å². The van der Waals surface area contributed by atoms with Gasteiger partial charge in [-0.15, -0.1) is 0 Å². The lowest BCUT2D eigenvalue weighted by atomic mass is 10.0. The molecule has 1 aliphatic rings. The molecule has 0 saturated carbocycles. The molecule has 0 radical (unpaired) electrons. The zero-order valence-electron chi connectivity index (χ0n) is 15.2. The van der Waals surface area contributed by atoms with Crippen molar-refractivity contribution in [2.45, 2.75) is 19.9 Å². The summed E-state index contributed by atoms with van der Waals surface area (Å²) in [7, 11) is 3.05. The number of rotatable bonds is 6. The van der Waals surface area contributed by atoms with Crippen molar-refractivity contribution in [1.82, 2.24) is 10.2 Å². The van der Waals surface area contributed by atoms with E-state index in [9.17, 15) is 9.59 Å². The van der Waals surface area contributed by atoms with E-state index in [1.165, 1.54) is 14.2 Å². The predicted molar refractivity (Wildman–Crippen MR) is 93.0 cm³/mol. The van der Waals surface area contributed by atoms with Crippen LogP contribution in [0.15, 0.2) is 18.2 Å². The van der Waals surface area contributed by atoms with Crippen molar-refractivity contribution in [3.63, 3.8) is 0 Å². The first-order chi connectivity index (χ1) is 12.0. The van der Waals surface area contributed by atoms with Gasteiger partial charge in [0, 0.05) is 18.7 Å². The molecule has 1 saturated heterocycles. The van der Waals surface area contributed by atoms with E-state index in [4.69, 9.17) is 14.2 Å². The molecule has 1 aliphatic heterocycles. The quantitative estimate of drug-likeness (QED) is 0.837. The molecule has 1 aromatic carbocycles. The Bertz CT molecular complexity index is 611. The summed E-state index contributed by atoms with van der Waals surface area (Å²) in [6.07, 6.45) is 0. The van der Waals surface area contributed by atoms with Gasteiger partial charge < -0.3 is 24.4 Å². The van der Waals surface area contributed by atoms with Gasteiger partial charge in [-0.2, -0.15) is 0 Å². The fourth-order valence-corrected chi connectivity index (χ4v) is 2.70. The molecule has 0 unspecified atom stereocenters. The molecule has 7 heteroatoms. The Labute approximate surface area is 148 Å². The van der Waals surface area contributed by atoms with Crippen LogP contribution in [-0.2, 0) is 9.53 Å². The molecule has 138 valence electrons. The monoisotopic (exact) mass is 350 g/mol. The lowest BCUT2D eigenvalue weighted by molar-refractivity contribution is -0.138. The molecule has 1 atom stereocenters. The number of ether oxygens (including phenoxy) is 3. The Kier molecular flexibility index (Phi) is 6.64. The van der Waals surface area contributed by atoms with Gasteiger partial charge in [0.1, 0.15) is 6.04 Å². The standard InChI is InChI=1S/C18H26N2O5/c1-12(2)16(18(22)20-7-9-25-10-8-20)19-17(21)13-5-6-14(23-3)15(11-13)24-4/h5-6,11-12,16H,7-10H2,1-4H3,(H,19,21)/t16-/m1/s1. The summed E-state index contributed by atoms with van der Waals surface area (Å²) in [5.41, 5.74) is 0.415. The molecule has 0 bridgehead atoms. The number of nitrogens with one attached hydrogen (secondary N) is 1. The Morgan fingerprint density at radius 1 is 1.12 bits per heavy atom. The van der Waals surface area contributed by atoms with E-state index < -0.39 is 6.04 Å². The zero-order chi connectivity index (χ0) is 18.4. The molecule has 1 heterocycles. The number of carbonyl (C=O) groups excluding carboxylic acids is 2. The molecule has 1 fully saturated rings. The van der Waals surface area contributed by atoms with Gasteiger partial charge in [-0.05, 0) is 24.1 Å². The van der Waals surface area contributed by atoms with Crippen LogP contribution in [0.5, 0.6) is 11.5 Å². The van der Waals surface area contributed by atoms with Gasteiger partial charge >= 0.3 is 0 Å². The number of methoxy groups -OCH3 is 2. The second kappa shape index (κ2) is 8.71. The number of morpholine rings is 1. The molecule has 25 heavy (non-hydrogen) atoms. The van der Waals surface area contributed by atoms with Crippen LogP contribution >= 0.6 is 0 Å². The van der Waals surface area contributed by atoms with E-state index >= 15 is 0 Å². The number of carbonyl (C=O) groups is 2. The number of hydrogen-bond acceptors (Lipinski definition) is 5. The first-order valence-corrected chi connectivity index (χ1v) is 8.37. The average Bonchev–Trinajstić information content (AvgIpc) is 2.65. The minimum Gasteiger partial charge on any atom is -0.493 e. The SMILES string of the molecule is COc1ccc(C(=O)N[C@@H](C(=O)N2CCOCC2)C(C)C)cc1OC. The van der Waals surface area contributed by atoms with Crippen molar-refractivity contribution in [2.24, 2.45) is 5.92 Å². The average molecular weight is 350 g/mol. The largest absolute Gasteiger partial charge is 0.493 e. The summed E-state index contributed by atoms with van der Waals surface area (Å²) >= 11 is 0. The van der Waals surface area contributed by atoms with E-state index in [1.807, 2.05) is 13.8 Å². The van der Waals surface area contributed by atoms with Crippen molar-refractivity contribution in [1.29, 1.82) is 0 Å². The van der Waals surface area contributed by atoms with E-state index in [1.54, 1.807) is 23.1 Å². The first kappa shape index (κ1) is 19.1. The maximum Gasteiger partial charge on any atom is 0.252 e. The van der Waals surface area contributed by atoms with Crippen LogP contribution in [0, 0.1) is 5.92 Å². The van der Waals surface area contributed by atoms with Crippen LogP contribution in [0.1, 0.15) is 24.2 Å². The van der Waals surface area contributed by atoms with Crippen LogP contribution in [0.3, 0.4) is 0 Å². The Balaban J connectivity index is 2.13. The van der Waals surface area contributed by atoms with Gasteiger partial charge in [0.25, 0.3) is 5.91 Å². The minimum atomic E-state index is -0.585. The van der Waals surface area contributed by atoms with Gasteiger partial charge in [0.15, 0.2) is 11.5 Å². The lowest BCUT2D eigenvalue weighted by Crippen LogP contribution is -2.53. The van der Waals surface area contributed by atoms with E-state index in [2.05, 4.69) is 5.32 Å². The highest BCUT2D eigenvalue weighted by molar-refractivity contribution is 5.98. The number of benzene rings is 1. The van der Waals surface area contributed by atoms with Crippen LogP contribution in [-0.4, -0.2) is 63.3 Å². The van der Waals surface area contributed by atoms with Crippen LogP contribution < -0.4 is 14.8 Å². The predicted octanol–water partition coefficient (Wildman–Crippen LogP) is 1.32. The highest BCUT2D eigenvalue weighted by atomic mass is 16.5. The van der Waals surface area contributed by atoms with Crippen molar-refractivity contribution in [2.75, 3.05) is 40.5 Å². The van der Waals surface area contributed by atoms with Gasteiger partial charge in [0.2, 0.25) is 5.91 Å². The Hall–Kier alpha value is -2.28. The Morgan fingerprint density at radius 3 is 2.32 bits per heavy atom. The van der Waals surface area contributed by atoms with E-state index in [-0.39, 0.29) is 17.7 Å². The second-order valence-corrected chi connectivity index (χ2v) is 6.20. The third-order valence-electron chi connectivity index (χ3n) is 4.19. The summed E-state index contributed by atoms with van der Waals surface area (Å²) in [6, 6.07) is 4.33. The Morgan fingerprint density at radius 2 is 1.76 bits per heavy atom. The van der Waals surface area contributed by atoms with Crippen LogP contribution in [0.2, 0.25) is 0 Å². The summed E-state index contributed by atoms with van der Waals surface area (Å²) in [6.45, 7) is 5.98. The highest BCUT2D eigenvalue weighted by Crippen LogP contribution is 2.27. The molecular weight excluding hydrogens is 324 g/mol. The molecule has 1 N–H and O–H groups in total. The second-order valence-electron chi connectivity index (χ2n) is 6.20. The molecule has 2 amide bonds. The summed E-state index contributed by atoms with van der Waals surface area (Å²) in [5.74, 6) is 0.590. The molecule has 0 aliphatic carbocycles. The molecule has 1 aromatic rings. The zero-order valence-corrected chi connectivity index (χ0v) is 15.2. The van der Waals surface area contributed by atoms with Gasteiger partial charge in [0.05, 0.1) is 27.4 Å². The number of hydrogen-bond donors (Lipinski definition) is 1. The van der Waals surface area contributed by atoms with Crippen molar-refractivity contribution in [3.8, 4) is 11.5 Å². The third-order valence-corrected chi connectivity index (χ3v) is 4.19. The number of amides is 2. The van der Waals surface area contributed by atoms with Crippen molar-refractivity contribution >= 4 is 11.8 Å². The minimum absolute atomic E-state index is 0.0283. The topological polar surface area (TPSA) is 77.1 Å². The van der Waals surface area contributed by atoms with E-state index in [0.29, 0.717) is 43.4 Å². The molecule has 2 rings (SSSR count). The molecule has 0 spiro atoms. The van der Waals surface area contributed by atoms with E-state index in [0.717, 1.165) is 0 Å². The maximum atomic E-state index is 12.7. The van der Waals surface area contributed by atoms with Gasteiger partial charge in [-0.25, -0.2) is 0 Å². The lowest BCUT2D eigenvalue weighted by Gasteiger charge is -2.32. The fraction of sp³-hybridized carbons (Fsp3) is 0.556. The number of nitrogens with zero attached hydrogens (tertiary/aromatic N) is 1.